The molecule has 4 rings (SSSR count). The molecule has 3 N–H and O–H groups in total. The van der Waals surface area contributed by atoms with Crippen LogP contribution in [0.4, 0.5) is 0 Å². The molecule has 1 unspecified atom stereocenters. The molecule has 0 bridgehead atoms. The highest BCUT2D eigenvalue weighted by molar-refractivity contribution is 6.30. The minimum atomic E-state index is -0.476. The Labute approximate surface area is 190 Å². The molecule has 1 saturated carbocycles. The van der Waals surface area contributed by atoms with Gasteiger partial charge in [0, 0.05) is 36.5 Å². The maximum atomic E-state index is 13.1. The molecule has 6 heteroatoms. The van der Waals surface area contributed by atoms with E-state index >= 15 is 0 Å². The van der Waals surface area contributed by atoms with E-state index in [1.54, 1.807) is 4.90 Å². The number of nitrogens with zero attached hydrogens (tertiary/aromatic N) is 1. The number of hydrogen-bond acceptors (Lipinski definition) is 3. The molecule has 0 aromatic heterocycles. The zero-order valence-electron chi connectivity index (χ0n) is 18.3. The first kappa shape index (κ1) is 23.3. The summed E-state index contributed by atoms with van der Waals surface area (Å²) >= 11 is 6.04. The lowest BCUT2D eigenvalue weighted by molar-refractivity contribution is -0.142. The number of hydrogen-bond donors (Lipinski definition) is 2. The van der Waals surface area contributed by atoms with Crippen molar-refractivity contribution in [3.05, 3.63) is 70.2 Å². The highest BCUT2D eigenvalue weighted by Crippen LogP contribution is 2.26. The summed E-state index contributed by atoms with van der Waals surface area (Å²) in [6, 6.07) is 15.0. The molecular weight excluding hydrogens is 410 g/mol. The summed E-state index contributed by atoms with van der Waals surface area (Å²) in [6.07, 6.45) is 3.35. The largest absolute Gasteiger partial charge is 0.352 e. The fourth-order valence-electron chi connectivity index (χ4n) is 3.92. The molecule has 0 spiro atoms. The fourth-order valence-corrected chi connectivity index (χ4v) is 4.14. The number of amides is 2. The number of fused-ring (bicyclic) bond motifs is 1. The second-order valence-electron chi connectivity index (χ2n) is 8.09. The number of carbonyl (C=O) groups is 2. The van der Waals surface area contributed by atoms with Crippen molar-refractivity contribution in [3.8, 4) is 0 Å². The summed E-state index contributed by atoms with van der Waals surface area (Å²) in [6.45, 7) is 4.45. The first-order valence-corrected chi connectivity index (χ1v) is 11.5. The van der Waals surface area contributed by atoms with Gasteiger partial charge in [0.2, 0.25) is 11.8 Å². The van der Waals surface area contributed by atoms with Crippen LogP contribution in [0, 0.1) is 0 Å². The molecule has 2 amide bonds. The van der Waals surface area contributed by atoms with Crippen LogP contribution in [-0.2, 0) is 29.0 Å². The van der Waals surface area contributed by atoms with Crippen LogP contribution in [0.15, 0.2) is 48.5 Å². The SMILES string of the molecule is CC.NC(CC(=O)N1Cc2ccccc2C[C@H]1C(=O)NC1CC1)Cc1cccc(Cl)c1. The molecule has 166 valence electrons. The third kappa shape index (κ3) is 6.31. The number of benzene rings is 2. The molecule has 1 aliphatic heterocycles. The van der Waals surface area contributed by atoms with Gasteiger partial charge in [-0.05, 0) is 48.1 Å². The van der Waals surface area contributed by atoms with Gasteiger partial charge in [0.1, 0.15) is 6.04 Å². The van der Waals surface area contributed by atoms with Crippen molar-refractivity contribution in [1.29, 1.82) is 0 Å². The quantitative estimate of drug-likeness (QED) is 0.714. The Morgan fingerprint density at radius 2 is 1.84 bits per heavy atom. The third-order valence-corrected chi connectivity index (χ3v) is 5.85. The highest BCUT2D eigenvalue weighted by atomic mass is 35.5. The van der Waals surface area contributed by atoms with Crippen LogP contribution in [0.1, 0.15) is 49.8 Å². The minimum Gasteiger partial charge on any atom is -0.352 e. The van der Waals surface area contributed by atoms with Crippen molar-refractivity contribution in [2.45, 2.75) is 70.6 Å². The van der Waals surface area contributed by atoms with Crippen LogP contribution < -0.4 is 11.1 Å². The Kier molecular flexibility index (Phi) is 8.10. The number of carbonyl (C=O) groups excluding carboxylic acids is 2. The van der Waals surface area contributed by atoms with Gasteiger partial charge in [-0.2, -0.15) is 0 Å². The molecule has 2 aromatic rings. The molecule has 31 heavy (non-hydrogen) atoms. The van der Waals surface area contributed by atoms with Crippen molar-refractivity contribution in [2.24, 2.45) is 5.73 Å². The van der Waals surface area contributed by atoms with Gasteiger partial charge >= 0.3 is 0 Å². The van der Waals surface area contributed by atoms with E-state index in [1.807, 2.05) is 62.4 Å². The Morgan fingerprint density at radius 3 is 2.52 bits per heavy atom. The summed E-state index contributed by atoms with van der Waals surface area (Å²) in [4.78, 5) is 27.7. The molecular formula is C25H32ClN3O2. The number of nitrogens with two attached hydrogens (primary N) is 1. The van der Waals surface area contributed by atoms with E-state index in [9.17, 15) is 9.59 Å². The average Bonchev–Trinajstić information content (AvgIpc) is 3.58. The van der Waals surface area contributed by atoms with Gasteiger partial charge in [-0.15, -0.1) is 0 Å². The predicted octanol–water partition coefficient (Wildman–Crippen LogP) is 3.86. The monoisotopic (exact) mass is 441 g/mol. The Morgan fingerprint density at radius 1 is 1.13 bits per heavy atom. The second-order valence-corrected chi connectivity index (χ2v) is 8.53. The van der Waals surface area contributed by atoms with E-state index in [4.69, 9.17) is 17.3 Å². The van der Waals surface area contributed by atoms with Crippen LogP contribution in [0.25, 0.3) is 0 Å². The zero-order valence-corrected chi connectivity index (χ0v) is 19.1. The third-order valence-electron chi connectivity index (χ3n) is 5.62. The van der Waals surface area contributed by atoms with Crippen LogP contribution in [0.5, 0.6) is 0 Å². The van der Waals surface area contributed by atoms with Crippen LogP contribution >= 0.6 is 11.6 Å². The summed E-state index contributed by atoms with van der Waals surface area (Å²) < 4.78 is 0. The lowest BCUT2D eigenvalue weighted by atomic mass is 9.92. The summed E-state index contributed by atoms with van der Waals surface area (Å²) in [5.74, 6) is -0.135. The Bertz CT molecular complexity index is 913. The Balaban J connectivity index is 0.00000132. The zero-order chi connectivity index (χ0) is 22.4. The van der Waals surface area contributed by atoms with Gasteiger partial charge in [0.25, 0.3) is 0 Å². The lowest BCUT2D eigenvalue weighted by Gasteiger charge is -2.36. The Hall–Kier alpha value is -2.37. The molecule has 2 aromatic carbocycles. The van der Waals surface area contributed by atoms with Gasteiger partial charge in [-0.25, -0.2) is 0 Å². The molecule has 0 radical (unpaired) electrons. The van der Waals surface area contributed by atoms with Gasteiger partial charge in [-0.1, -0.05) is 61.8 Å². The lowest BCUT2D eigenvalue weighted by Crippen LogP contribution is -2.53. The average molecular weight is 442 g/mol. The van der Waals surface area contributed by atoms with Gasteiger partial charge in [0.15, 0.2) is 0 Å². The van der Waals surface area contributed by atoms with E-state index in [1.165, 1.54) is 0 Å². The van der Waals surface area contributed by atoms with E-state index in [0.717, 1.165) is 29.5 Å². The van der Waals surface area contributed by atoms with Crippen molar-refractivity contribution < 1.29 is 9.59 Å². The first-order chi connectivity index (χ1) is 15.0. The fraction of sp³-hybridized carbons (Fsp3) is 0.440. The summed E-state index contributed by atoms with van der Waals surface area (Å²) in [7, 11) is 0. The smallest absolute Gasteiger partial charge is 0.243 e. The molecule has 1 heterocycles. The standard InChI is InChI=1S/C23H26ClN3O2.C2H6/c24-18-7-3-4-15(10-18)11-19(25)13-22(28)27-14-17-6-2-1-5-16(17)12-21(27)23(29)26-20-8-9-20;1-2/h1-7,10,19-21H,8-9,11-14,25H2,(H,26,29);1-2H3/t19?,21-;/m0./s1. The maximum Gasteiger partial charge on any atom is 0.243 e. The second kappa shape index (κ2) is 10.8. The highest BCUT2D eigenvalue weighted by Gasteiger charge is 2.37. The van der Waals surface area contributed by atoms with Crippen molar-refractivity contribution in [2.75, 3.05) is 0 Å². The number of nitrogens with one attached hydrogen (secondary N) is 1. The van der Waals surface area contributed by atoms with Crippen LogP contribution in [0.2, 0.25) is 5.02 Å². The molecule has 1 aliphatic carbocycles. The first-order valence-electron chi connectivity index (χ1n) is 11.2. The maximum absolute atomic E-state index is 13.1. The van der Waals surface area contributed by atoms with Crippen molar-refractivity contribution in [3.63, 3.8) is 0 Å². The summed E-state index contributed by atoms with van der Waals surface area (Å²) in [5.41, 5.74) is 9.52. The van der Waals surface area contributed by atoms with Crippen molar-refractivity contribution in [1.82, 2.24) is 10.2 Å². The van der Waals surface area contributed by atoms with E-state index in [0.29, 0.717) is 24.4 Å². The predicted molar refractivity (Wildman–Crippen MR) is 125 cm³/mol. The van der Waals surface area contributed by atoms with E-state index in [-0.39, 0.29) is 30.3 Å². The molecule has 5 nitrogen and oxygen atoms in total. The topological polar surface area (TPSA) is 75.4 Å². The van der Waals surface area contributed by atoms with E-state index in [2.05, 4.69) is 5.32 Å². The molecule has 2 aliphatic rings. The number of halogens is 1. The molecule has 0 saturated heterocycles. The van der Waals surface area contributed by atoms with Crippen molar-refractivity contribution >= 4 is 23.4 Å². The minimum absolute atomic E-state index is 0.0567. The van der Waals surface area contributed by atoms with Gasteiger partial charge in [-0.3, -0.25) is 9.59 Å². The van der Waals surface area contributed by atoms with E-state index < -0.39 is 6.04 Å². The van der Waals surface area contributed by atoms with Gasteiger partial charge in [0.05, 0.1) is 0 Å². The molecule has 1 fully saturated rings. The normalized spacial score (nSPS) is 18.3. The van der Waals surface area contributed by atoms with Crippen LogP contribution in [0.3, 0.4) is 0 Å². The van der Waals surface area contributed by atoms with Gasteiger partial charge < -0.3 is 16.0 Å². The molecule has 2 atom stereocenters. The van der Waals surface area contributed by atoms with Crippen LogP contribution in [-0.4, -0.2) is 34.8 Å². The number of rotatable bonds is 6. The summed E-state index contributed by atoms with van der Waals surface area (Å²) in [5, 5.41) is 3.72.